The summed E-state index contributed by atoms with van der Waals surface area (Å²) in [6.45, 7) is 0.574. The summed E-state index contributed by atoms with van der Waals surface area (Å²) >= 11 is 5.93. The molecule has 0 aliphatic carbocycles. The van der Waals surface area contributed by atoms with E-state index in [4.69, 9.17) is 17.3 Å². The van der Waals surface area contributed by atoms with Gasteiger partial charge in [0.1, 0.15) is 0 Å². The van der Waals surface area contributed by atoms with E-state index in [9.17, 15) is 18.0 Å². The first-order valence-electron chi connectivity index (χ1n) is 7.60. The van der Waals surface area contributed by atoms with Crippen LogP contribution in [0.1, 0.15) is 28.9 Å². The molecule has 0 spiro atoms. The zero-order valence-electron chi connectivity index (χ0n) is 13.0. The van der Waals surface area contributed by atoms with Crippen molar-refractivity contribution in [1.82, 2.24) is 19.7 Å². The van der Waals surface area contributed by atoms with Crippen LogP contribution in [0.3, 0.4) is 0 Å². The van der Waals surface area contributed by atoms with Crippen molar-refractivity contribution in [2.45, 2.75) is 25.1 Å². The van der Waals surface area contributed by atoms with Gasteiger partial charge in [0, 0.05) is 25.3 Å². The van der Waals surface area contributed by atoms with Gasteiger partial charge in [-0.1, -0.05) is 11.6 Å². The Morgan fingerprint density at radius 3 is 2.80 bits per heavy atom. The van der Waals surface area contributed by atoms with E-state index in [-0.39, 0.29) is 23.4 Å². The molecule has 25 heavy (non-hydrogen) atoms. The van der Waals surface area contributed by atoms with Gasteiger partial charge >= 0.3 is 6.18 Å². The lowest BCUT2D eigenvalue weighted by Crippen LogP contribution is -2.46. The van der Waals surface area contributed by atoms with Gasteiger partial charge in [0.05, 0.1) is 16.8 Å². The minimum atomic E-state index is -4.81. The highest BCUT2D eigenvalue weighted by molar-refractivity contribution is 6.32. The van der Waals surface area contributed by atoms with E-state index in [0.717, 1.165) is 12.6 Å². The summed E-state index contributed by atoms with van der Waals surface area (Å²) in [6.07, 6.45) is -1.22. The molecule has 2 N–H and O–H groups in total. The molecule has 3 heterocycles. The van der Waals surface area contributed by atoms with Gasteiger partial charge in [-0.05, 0) is 25.0 Å². The van der Waals surface area contributed by atoms with Crippen LogP contribution in [0.4, 0.5) is 13.2 Å². The van der Waals surface area contributed by atoms with Crippen LogP contribution in [0.25, 0.3) is 5.82 Å². The van der Waals surface area contributed by atoms with Crippen molar-refractivity contribution in [2.24, 2.45) is 5.73 Å². The number of pyridine rings is 1. The van der Waals surface area contributed by atoms with Crippen LogP contribution in [-0.4, -0.2) is 44.7 Å². The Labute approximate surface area is 146 Å². The number of rotatable bonds is 2. The third-order valence-corrected chi connectivity index (χ3v) is 4.25. The summed E-state index contributed by atoms with van der Waals surface area (Å²) in [6, 6.07) is 2.65. The minimum Gasteiger partial charge on any atom is -0.337 e. The van der Waals surface area contributed by atoms with Crippen LogP contribution in [0.5, 0.6) is 0 Å². The van der Waals surface area contributed by atoms with Gasteiger partial charge in [-0.25, -0.2) is 9.67 Å². The lowest BCUT2D eigenvalue weighted by molar-refractivity contribution is -0.143. The van der Waals surface area contributed by atoms with E-state index < -0.39 is 23.3 Å². The van der Waals surface area contributed by atoms with Crippen LogP contribution in [0.15, 0.2) is 24.5 Å². The highest BCUT2D eigenvalue weighted by atomic mass is 35.5. The van der Waals surface area contributed by atoms with Crippen molar-refractivity contribution in [3.8, 4) is 5.82 Å². The highest BCUT2D eigenvalue weighted by Crippen LogP contribution is 2.35. The second-order valence-electron chi connectivity index (χ2n) is 5.78. The summed E-state index contributed by atoms with van der Waals surface area (Å²) in [5.41, 5.74) is 4.08. The molecule has 1 saturated heterocycles. The molecule has 1 amide bonds. The van der Waals surface area contributed by atoms with Crippen LogP contribution in [0, 0.1) is 0 Å². The maximum atomic E-state index is 13.6. The van der Waals surface area contributed by atoms with E-state index in [1.165, 1.54) is 23.2 Å². The lowest BCUT2D eigenvalue weighted by Gasteiger charge is -2.30. The number of aromatic nitrogens is 3. The first kappa shape index (κ1) is 17.7. The molecule has 6 nitrogen and oxygen atoms in total. The molecule has 1 aliphatic heterocycles. The number of alkyl halides is 3. The van der Waals surface area contributed by atoms with Crippen molar-refractivity contribution < 1.29 is 18.0 Å². The summed E-state index contributed by atoms with van der Waals surface area (Å²) in [5, 5.41) is 3.72. The Kier molecular flexibility index (Phi) is 4.70. The molecule has 3 rings (SSSR count). The van der Waals surface area contributed by atoms with Gasteiger partial charge < -0.3 is 10.6 Å². The van der Waals surface area contributed by atoms with E-state index >= 15 is 0 Å². The third kappa shape index (κ3) is 3.47. The van der Waals surface area contributed by atoms with Crippen LogP contribution in [0.2, 0.25) is 5.02 Å². The Morgan fingerprint density at radius 2 is 2.16 bits per heavy atom. The van der Waals surface area contributed by atoms with E-state index in [1.807, 2.05) is 0 Å². The maximum Gasteiger partial charge on any atom is 0.434 e. The SMILES string of the molecule is N[C@H]1CCCN(C(=O)c2cnn(-c3ncccc3Cl)c2C(F)(F)F)C1. The van der Waals surface area contributed by atoms with Gasteiger partial charge in [-0.2, -0.15) is 18.3 Å². The van der Waals surface area contributed by atoms with Gasteiger partial charge in [-0.15, -0.1) is 0 Å². The number of carbonyl (C=O) groups excluding carboxylic acids is 1. The fraction of sp³-hybridized carbons (Fsp3) is 0.400. The van der Waals surface area contributed by atoms with Crippen molar-refractivity contribution >= 4 is 17.5 Å². The van der Waals surface area contributed by atoms with E-state index in [0.29, 0.717) is 17.6 Å². The van der Waals surface area contributed by atoms with Crippen molar-refractivity contribution in [1.29, 1.82) is 0 Å². The van der Waals surface area contributed by atoms with Gasteiger partial charge in [0.15, 0.2) is 11.5 Å². The Balaban J connectivity index is 2.06. The zero-order valence-corrected chi connectivity index (χ0v) is 13.8. The summed E-state index contributed by atoms with van der Waals surface area (Å²) in [7, 11) is 0. The van der Waals surface area contributed by atoms with Gasteiger partial charge in [0.2, 0.25) is 0 Å². The zero-order chi connectivity index (χ0) is 18.2. The largest absolute Gasteiger partial charge is 0.434 e. The molecule has 2 aromatic rings. The molecule has 1 atom stereocenters. The number of amides is 1. The quantitative estimate of drug-likeness (QED) is 0.877. The van der Waals surface area contributed by atoms with Crippen molar-refractivity contribution in [3.63, 3.8) is 0 Å². The average molecular weight is 374 g/mol. The fourth-order valence-electron chi connectivity index (χ4n) is 2.84. The molecular formula is C15H15ClF3N5O. The number of halogens is 4. The molecular weight excluding hydrogens is 359 g/mol. The molecule has 0 saturated carbocycles. The Hall–Kier alpha value is -2.13. The topological polar surface area (TPSA) is 77.0 Å². The number of hydrogen-bond donors (Lipinski definition) is 1. The smallest absolute Gasteiger partial charge is 0.337 e. The number of carbonyl (C=O) groups is 1. The van der Waals surface area contributed by atoms with Gasteiger partial charge in [-0.3, -0.25) is 4.79 Å². The summed E-state index contributed by atoms with van der Waals surface area (Å²) in [5.74, 6) is -0.938. The van der Waals surface area contributed by atoms with E-state index in [1.54, 1.807) is 0 Å². The highest BCUT2D eigenvalue weighted by Gasteiger charge is 2.42. The lowest BCUT2D eigenvalue weighted by atomic mass is 10.1. The first-order chi connectivity index (χ1) is 11.8. The second-order valence-corrected chi connectivity index (χ2v) is 6.19. The molecule has 0 radical (unpaired) electrons. The van der Waals surface area contributed by atoms with E-state index in [2.05, 4.69) is 10.1 Å². The molecule has 2 aromatic heterocycles. The summed E-state index contributed by atoms with van der Waals surface area (Å²) < 4.78 is 41.5. The standard InChI is InChI=1S/C15H15ClF3N5O/c16-11-4-1-5-21-13(11)24-12(15(17,18)19)10(7-22-24)14(25)23-6-2-3-9(20)8-23/h1,4-5,7,9H,2-3,6,8,20H2/t9-/m0/s1. The van der Waals surface area contributed by atoms with Crippen molar-refractivity contribution in [3.05, 3.63) is 40.8 Å². The Morgan fingerprint density at radius 1 is 1.40 bits per heavy atom. The molecule has 1 aliphatic rings. The predicted octanol–water partition coefficient (Wildman–Crippen LogP) is 2.50. The van der Waals surface area contributed by atoms with Crippen molar-refractivity contribution in [2.75, 3.05) is 13.1 Å². The summed E-state index contributed by atoms with van der Waals surface area (Å²) in [4.78, 5) is 17.8. The normalized spacial score (nSPS) is 18.4. The number of likely N-dealkylation sites (tertiary alicyclic amines) is 1. The van der Waals surface area contributed by atoms with Crippen LogP contribution in [-0.2, 0) is 6.18 Å². The Bertz CT molecular complexity index is 792. The number of nitrogens with two attached hydrogens (primary N) is 1. The number of hydrogen-bond acceptors (Lipinski definition) is 4. The molecule has 134 valence electrons. The first-order valence-corrected chi connectivity index (χ1v) is 7.98. The average Bonchev–Trinajstić information content (AvgIpc) is 2.99. The molecule has 0 aromatic carbocycles. The number of nitrogens with zero attached hydrogens (tertiary/aromatic N) is 4. The van der Waals surface area contributed by atoms with Crippen LogP contribution >= 0.6 is 11.6 Å². The molecule has 0 unspecified atom stereocenters. The molecule has 10 heteroatoms. The predicted molar refractivity (Wildman–Crippen MR) is 84.5 cm³/mol. The molecule has 1 fully saturated rings. The second kappa shape index (κ2) is 6.64. The third-order valence-electron chi connectivity index (χ3n) is 3.95. The maximum absolute atomic E-state index is 13.6. The minimum absolute atomic E-state index is 0.00454. The monoisotopic (exact) mass is 373 g/mol. The fourth-order valence-corrected chi connectivity index (χ4v) is 3.04. The van der Waals surface area contributed by atoms with Crippen LogP contribution < -0.4 is 5.73 Å². The number of piperidine rings is 1. The van der Waals surface area contributed by atoms with Gasteiger partial charge in [0.25, 0.3) is 5.91 Å². The molecule has 0 bridgehead atoms.